The van der Waals surface area contributed by atoms with Gasteiger partial charge in [0.25, 0.3) is 0 Å². The van der Waals surface area contributed by atoms with Gasteiger partial charge >= 0.3 is 5.97 Å². The summed E-state index contributed by atoms with van der Waals surface area (Å²) in [6.07, 6.45) is 2.06. The van der Waals surface area contributed by atoms with Crippen LogP contribution in [0, 0.1) is 11.3 Å². The Bertz CT molecular complexity index is 268. The van der Waals surface area contributed by atoms with Crippen LogP contribution in [0.25, 0.3) is 0 Å². The molecule has 0 amide bonds. The van der Waals surface area contributed by atoms with Gasteiger partial charge in [0.1, 0.15) is 6.07 Å². The van der Waals surface area contributed by atoms with Crippen LogP contribution < -0.4 is 5.73 Å². The first-order valence-corrected chi connectivity index (χ1v) is 5.26. The number of nitrogens with two attached hydrogens (primary N) is 1. The summed E-state index contributed by atoms with van der Waals surface area (Å²) in [6, 6.07) is 1.74. The molecule has 0 atom stereocenters. The minimum atomic E-state index is -0.672. The quantitative estimate of drug-likeness (QED) is 0.324. The van der Waals surface area contributed by atoms with Crippen LogP contribution in [0.5, 0.6) is 0 Å². The molecule has 0 aliphatic heterocycles. The zero-order valence-corrected chi connectivity index (χ0v) is 9.19. The van der Waals surface area contributed by atoms with Crippen LogP contribution in [0.1, 0.15) is 19.8 Å². The third kappa shape index (κ3) is 4.19. The first kappa shape index (κ1) is 12.8. The van der Waals surface area contributed by atoms with E-state index in [-0.39, 0.29) is 10.6 Å². The molecule has 4 nitrogen and oxygen atoms in total. The van der Waals surface area contributed by atoms with E-state index in [9.17, 15) is 4.79 Å². The predicted molar refractivity (Wildman–Crippen MR) is 56.2 cm³/mol. The van der Waals surface area contributed by atoms with E-state index in [2.05, 4.69) is 11.7 Å². The average Bonchev–Trinajstić information content (AvgIpc) is 2.19. The van der Waals surface area contributed by atoms with Crippen molar-refractivity contribution in [1.82, 2.24) is 0 Å². The number of ether oxygens (including phenoxy) is 1. The number of hydrogen-bond acceptors (Lipinski definition) is 5. The van der Waals surface area contributed by atoms with Gasteiger partial charge in [-0.05, 0) is 12.2 Å². The summed E-state index contributed by atoms with van der Waals surface area (Å²) in [6.45, 7) is 2.06. The summed E-state index contributed by atoms with van der Waals surface area (Å²) in [5, 5.41) is 8.90. The smallest absolute Gasteiger partial charge is 0.351 e. The van der Waals surface area contributed by atoms with Crippen LogP contribution >= 0.6 is 11.8 Å². The summed E-state index contributed by atoms with van der Waals surface area (Å²) in [4.78, 5) is 11.0. The first-order chi connectivity index (χ1) is 6.67. The fourth-order valence-corrected chi connectivity index (χ4v) is 1.63. The number of nitrogens with zero attached hydrogens (tertiary/aromatic N) is 1. The minimum Gasteiger partial charge on any atom is -0.465 e. The molecule has 14 heavy (non-hydrogen) atoms. The fourth-order valence-electron chi connectivity index (χ4n) is 0.702. The summed E-state index contributed by atoms with van der Waals surface area (Å²) in [5.41, 5.74) is 5.46. The molecule has 0 bridgehead atoms. The fraction of sp³-hybridized carbons (Fsp3) is 0.556. The lowest BCUT2D eigenvalue weighted by molar-refractivity contribution is -0.135. The molecule has 0 heterocycles. The Kier molecular flexibility index (Phi) is 6.68. The van der Waals surface area contributed by atoms with Gasteiger partial charge in [-0.1, -0.05) is 13.3 Å². The molecular formula is C9H14N2O2S. The average molecular weight is 214 g/mol. The number of carbonyl (C=O) groups excluding carboxylic acids is 1. The summed E-state index contributed by atoms with van der Waals surface area (Å²) >= 11 is 1.31. The van der Waals surface area contributed by atoms with Crippen molar-refractivity contribution in [3.05, 3.63) is 10.6 Å². The highest BCUT2D eigenvalue weighted by atomic mass is 32.2. The highest BCUT2D eigenvalue weighted by Crippen LogP contribution is 2.16. The van der Waals surface area contributed by atoms with Crippen molar-refractivity contribution in [2.75, 3.05) is 12.9 Å². The van der Waals surface area contributed by atoms with E-state index >= 15 is 0 Å². The second kappa shape index (κ2) is 7.27. The predicted octanol–water partition coefficient (Wildman–Crippen LogP) is 1.39. The molecule has 0 rings (SSSR count). The van der Waals surface area contributed by atoms with Crippen molar-refractivity contribution in [2.24, 2.45) is 5.73 Å². The summed E-state index contributed by atoms with van der Waals surface area (Å²) in [5.74, 6) is 0.138. The van der Waals surface area contributed by atoms with Gasteiger partial charge in [0.05, 0.1) is 12.1 Å². The molecule has 0 aromatic carbocycles. The molecule has 5 heteroatoms. The van der Waals surface area contributed by atoms with E-state index in [0.717, 1.165) is 18.6 Å². The second-order valence-electron chi connectivity index (χ2n) is 2.54. The molecule has 0 aliphatic carbocycles. The molecule has 0 radical (unpaired) electrons. The Hall–Kier alpha value is -1.15. The lowest BCUT2D eigenvalue weighted by Gasteiger charge is -2.02. The van der Waals surface area contributed by atoms with Crippen molar-refractivity contribution in [3.8, 4) is 6.07 Å². The number of carbonyl (C=O) groups is 1. The molecule has 0 aromatic heterocycles. The Labute approximate surface area is 88.1 Å². The van der Waals surface area contributed by atoms with Crippen LogP contribution in [0.3, 0.4) is 0 Å². The number of esters is 1. The van der Waals surface area contributed by atoms with Gasteiger partial charge in [-0.2, -0.15) is 5.26 Å². The van der Waals surface area contributed by atoms with Gasteiger partial charge in [-0.25, -0.2) is 4.79 Å². The van der Waals surface area contributed by atoms with E-state index in [1.807, 2.05) is 0 Å². The number of nitriles is 1. The molecular weight excluding hydrogens is 200 g/mol. The zero-order valence-electron chi connectivity index (χ0n) is 8.37. The largest absolute Gasteiger partial charge is 0.465 e. The van der Waals surface area contributed by atoms with E-state index in [0.29, 0.717) is 0 Å². The van der Waals surface area contributed by atoms with Gasteiger partial charge < -0.3 is 10.5 Å². The molecule has 0 saturated heterocycles. The molecule has 0 unspecified atom stereocenters. The minimum absolute atomic E-state index is 0.103. The number of hydrogen-bond donors (Lipinski definition) is 1. The number of methoxy groups -OCH3 is 1. The SMILES string of the molecule is CCCCS/C(N)=C(\C#N)C(=O)OC. The molecule has 0 aliphatic rings. The van der Waals surface area contributed by atoms with E-state index in [1.54, 1.807) is 6.07 Å². The van der Waals surface area contributed by atoms with E-state index in [4.69, 9.17) is 11.0 Å². The monoisotopic (exact) mass is 214 g/mol. The van der Waals surface area contributed by atoms with Crippen molar-refractivity contribution in [1.29, 1.82) is 5.26 Å². The van der Waals surface area contributed by atoms with Crippen LogP contribution in [0.4, 0.5) is 0 Å². The Morgan fingerprint density at radius 3 is 2.71 bits per heavy atom. The van der Waals surface area contributed by atoms with Crippen LogP contribution in [-0.4, -0.2) is 18.8 Å². The lowest BCUT2D eigenvalue weighted by atomic mass is 10.3. The maximum atomic E-state index is 11.0. The molecule has 0 fully saturated rings. The Morgan fingerprint density at radius 1 is 1.64 bits per heavy atom. The van der Waals surface area contributed by atoms with Crippen molar-refractivity contribution < 1.29 is 9.53 Å². The number of rotatable bonds is 5. The maximum absolute atomic E-state index is 11.0. The van der Waals surface area contributed by atoms with Gasteiger partial charge in [0.2, 0.25) is 0 Å². The van der Waals surface area contributed by atoms with Crippen LogP contribution in [0.15, 0.2) is 10.6 Å². The number of thioether (sulfide) groups is 1. The van der Waals surface area contributed by atoms with Gasteiger partial charge in [0, 0.05) is 0 Å². The van der Waals surface area contributed by atoms with Crippen LogP contribution in [-0.2, 0) is 9.53 Å². The molecule has 0 saturated carbocycles. The normalized spacial score (nSPS) is 11.5. The highest BCUT2D eigenvalue weighted by molar-refractivity contribution is 8.03. The van der Waals surface area contributed by atoms with Gasteiger partial charge in [-0.15, -0.1) is 11.8 Å². The summed E-state index contributed by atoms with van der Waals surface area (Å²) < 4.78 is 4.42. The molecule has 0 aromatic rings. The summed E-state index contributed by atoms with van der Waals surface area (Å²) in [7, 11) is 1.23. The van der Waals surface area contributed by atoms with Crippen molar-refractivity contribution in [3.63, 3.8) is 0 Å². The van der Waals surface area contributed by atoms with Gasteiger partial charge in [0.15, 0.2) is 5.57 Å². The zero-order chi connectivity index (χ0) is 11.0. The third-order valence-corrected chi connectivity index (χ3v) is 2.51. The third-order valence-electron chi connectivity index (χ3n) is 1.50. The Morgan fingerprint density at radius 2 is 2.29 bits per heavy atom. The second-order valence-corrected chi connectivity index (χ2v) is 3.68. The maximum Gasteiger partial charge on any atom is 0.351 e. The van der Waals surface area contributed by atoms with Crippen molar-refractivity contribution >= 4 is 17.7 Å². The molecule has 78 valence electrons. The van der Waals surface area contributed by atoms with Gasteiger partial charge in [-0.3, -0.25) is 0 Å². The standard InChI is InChI=1S/C9H14N2O2S/c1-3-4-5-14-8(11)7(6-10)9(12)13-2/h3-5,11H2,1-2H3/b8-7+. The topological polar surface area (TPSA) is 76.1 Å². The molecule has 2 N–H and O–H groups in total. The Balaban J connectivity index is 4.37. The van der Waals surface area contributed by atoms with E-state index < -0.39 is 5.97 Å². The molecule has 0 spiro atoms. The highest BCUT2D eigenvalue weighted by Gasteiger charge is 2.13. The first-order valence-electron chi connectivity index (χ1n) is 4.28. The van der Waals surface area contributed by atoms with E-state index in [1.165, 1.54) is 18.9 Å². The lowest BCUT2D eigenvalue weighted by Crippen LogP contribution is -2.09. The number of unbranched alkanes of at least 4 members (excludes halogenated alkanes) is 1. The van der Waals surface area contributed by atoms with Crippen LogP contribution in [0.2, 0.25) is 0 Å². The van der Waals surface area contributed by atoms with Crippen molar-refractivity contribution in [2.45, 2.75) is 19.8 Å².